The Hall–Kier alpha value is -0.850. The summed E-state index contributed by atoms with van der Waals surface area (Å²) in [7, 11) is -3.85. The van der Waals surface area contributed by atoms with Crippen LogP contribution in [0.25, 0.3) is 0 Å². The van der Waals surface area contributed by atoms with E-state index in [4.69, 9.17) is 23.2 Å². The van der Waals surface area contributed by atoms with Gasteiger partial charge in [-0.1, -0.05) is 17.7 Å². The SMILES string of the molecule is CC(CCl)S(=O)(=O)c1cccc(Cl)c1[N+](=O)[O-]. The molecule has 17 heavy (non-hydrogen) atoms. The molecule has 0 spiro atoms. The van der Waals surface area contributed by atoms with Gasteiger partial charge in [0.1, 0.15) is 9.92 Å². The fourth-order valence-electron chi connectivity index (χ4n) is 1.20. The van der Waals surface area contributed by atoms with Gasteiger partial charge < -0.3 is 0 Å². The first-order chi connectivity index (χ1) is 7.82. The van der Waals surface area contributed by atoms with Crippen LogP contribution < -0.4 is 0 Å². The fourth-order valence-corrected chi connectivity index (χ4v) is 3.32. The second-order valence-corrected chi connectivity index (χ2v) is 6.40. The third kappa shape index (κ3) is 2.70. The van der Waals surface area contributed by atoms with E-state index in [9.17, 15) is 18.5 Å². The number of halogens is 2. The Labute approximate surface area is 108 Å². The molecule has 0 aliphatic rings. The molecule has 0 bridgehead atoms. The quantitative estimate of drug-likeness (QED) is 0.486. The molecule has 0 aromatic heterocycles. The first kappa shape index (κ1) is 14.2. The van der Waals surface area contributed by atoms with Crippen molar-refractivity contribution in [3.63, 3.8) is 0 Å². The van der Waals surface area contributed by atoms with Crippen LogP contribution in [0.2, 0.25) is 5.02 Å². The normalized spacial score (nSPS) is 13.4. The number of alkyl halides is 1. The molecule has 0 aliphatic heterocycles. The average molecular weight is 298 g/mol. The van der Waals surface area contributed by atoms with E-state index < -0.39 is 30.6 Å². The second kappa shape index (κ2) is 5.20. The molecule has 0 fully saturated rings. The highest BCUT2D eigenvalue weighted by atomic mass is 35.5. The van der Waals surface area contributed by atoms with Crippen molar-refractivity contribution in [2.45, 2.75) is 17.1 Å². The largest absolute Gasteiger partial charge is 0.306 e. The fraction of sp³-hybridized carbons (Fsp3) is 0.333. The molecule has 0 N–H and O–H groups in total. The number of hydrogen-bond acceptors (Lipinski definition) is 4. The van der Waals surface area contributed by atoms with E-state index in [1.165, 1.54) is 19.1 Å². The molecule has 1 aromatic rings. The lowest BCUT2D eigenvalue weighted by Crippen LogP contribution is -2.20. The highest BCUT2D eigenvalue weighted by Gasteiger charge is 2.32. The maximum absolute atomic E-state index is 12.0. The highest BCUT2D eigenvalue weighted by molar-refractivity contribution is 7.92. The van der Waals surface area contributed by atoms with Crippen LogP contribution in [0.3, 0.4) is 0 Å². The number of benzene rings is 1. The highest BCUT2D eigenvalue weighted by Crippen LogP contribution is 2.33. The number of nitro groups is 1. The summed E-state index contributed by atoms with van der Waals surface area (Å²) in [5.74, 6) is -0.147. The van der Waals surface area contributed by atoms with Crippen molar-refractivity contribution in [2.24, 2.45) is 0 Å². The molecule has 0 saturated heterocycles. The van der Waals surface area contributed by atoms with Gasteiger partial charge in [0.05, 0.1) is 10.2 Å². The van der Waals surface area contributed by atoms with E-state index in [-0.39, 0.29) is 10.9 Å². The van der Waals surface area contributed by atoms with Crippen molar-refractivity contribution in [3.8, 4) is 0 Å². The summed E-state index contributed by atoms with van der Waals surface area (Å²) in [4.78, 5) is 9.61. The van der Waals surface area contributed by atoms with E-state index in [2.05, 4.69) is 0 Å². The van der Waals surface area contributed by atoms with E-state index in [1.807, 2.05) is 0 Å². The monoisotopic (exact) mass is 297 g/mol. The molecule has 5 nitrogen and oxygen atoms in total. The maximum atomic E-state index is 12.0. The summed E-state index contributed by atoms with van der Waals surface area (Å²) in [5, 5.41) is 9.70. The van der Waals surface area contributed by atoms with Crippen molar-refractivity contribution in [1.29, 1.82) is 0 Å². The summed E-state index contributed by atoms with van der Waals surface area (Å²) >= 11 is 11.1. The van der Waals surface area contributed by atoms with Crippen LogP contribution >= 0.6 is 23.2 Å². The minimum absolute atomic E-state index is 0.147. The lowest BCUT2D eigenvalue weighted by molar-refractivity contribution is -0.387. The van der Waals surface area contributed by atoms with Crippen LogP contribution in [-0.2, 0) is 9.84 Å². The Kier molecular flexibility index (Phi) is 4.35. The van der Waals surface area contributed by atoms with Gasteiger partial charge in [0, 0.05) is 5.88 Å². The van der Waals surface area contributed by atoms with Gasteiger partial charge in [-0.2, -0.15) is 0 Å². The van der Waals surface area contributed by atoms with E-state index in [0.29, 0.717) is 0 Å². The van der Waals surface area contributed by atoms with Gasteiger partial charge >= 0.3 is 5.69 Å². The average Bonchev–Trinajstić information content (AvgIpc) is 2.26. The molecular formula is C9H9Cl2NO4S. The third-order valence-corrected chi connectivity index (χ3v) is 5.31. The first-order valence-corrected chi connectivity index (χ1v) is 7.01. The van der Waals surface area contributed by atoms with Gasteiger partial charge in [0.15, 0.2) is 9.84 Å². The van der Waals surface area contributed by atoms with Gasteiger partial charge in [-0.15, -0.1) is 11.6 Å². The lowest BCUT2D eigenvalue weighted by Gasteiger charge is -2.10. The third-order valence-electron chi connectivity index (χ3n) is 2.19. The lowest BCUT2D eigenvalue weighted by atomic mass is 10.3. The molecule has 8 heteroatoms. The Balaban J connectivity index is 3.53. The van der Waals surface area contributed by atoms with Gasteiger partial charge in [-0.3, -0.25) is 10.1 Å². The van der Waals surface area contributed by atoms with Crippen LogP contribution in [0, 0.1) is 10.1 Å². The smallest absolute Gasteiger partial charge is 0.258 e. The predicted molar refractivity (Wildman–Crippen MR) is 65.5 cm³/mol. The van der Waals surface area contributed by atoms with Crippen molar-refractivity contribution >= 4 is 38.7 Å². The molecule has 94 valence electrons. The summed E-state index contributed by atoms with van der Waals surface area (Å²) < 4.78 is 24.0. The molecule has 0 aliphatic carbocycles. The molecule has 0 heterocycles. The van der Waals surface area contributed by atoms with Gasteiger partial charge in [-0.25, -0.2) is 8.42 Å². The van der Waals surface area contributed by atoms with Crippen LogP contribution in [0.1, 0.15) is 6.92 Å². The molecule has 0 amide bonds. The molecule has 0 radical (unpaired) electrons. The Morgan fingerprint density at radius 1 is 1.47 bits per heavy atom. The van der Waals surface area contributed by atoms with Gasteiger partial charge in [0.2, 0.25) is 0 Å². The van der Waals surface area contributed by atoms with E-state index in [1.54, 1.807) is 0 Å². The maximum Gasteiger partial charge on any atom is 0.306 e. The van der Waals surface area contributed by atoms with Crippen LogP contribution in [0.15, 0.2) is 23.1 Å². The predicted octanol–water partition coefficient (Wildman–Crippen LogP) is 2.65. The Morgan fingerprint density at radius 3 is 2.53 bits per heavy atom. The number of sulfone groups is 1. The zero-order valence-corrected chi connectivity index (χ0v) is 11.1. The topological polar surface area (TPSA) is 77.3 Å². The van der Waals surface area contributed by atoms with Gasteiger partial charge in [0.25, 0.3) is 0 Å². The van der Waals surface area contributed by atoms with Crippen LogP contribution in [0.5, 0.6) is 0 Å². The summed E-state index contributed by atoms with van der Waals surface area (Å²) in [6.07, 6.45) is 0. The summed E-state index contributed by atoms with van der Waals surface area (Å²) in [6.45, 7) is 1.38. The van der Waals surface area contributed by atoms with Gasteiger partial charge in [-0.05, 0) is 19.1 Å². The number of para-hydroxylation sites is 1. The number of nitro benzene ring substituents is 1. The van der Waals surface area contributed by atoms with E-state index >= 15 is 0 Å². The summed E-state index contributed by atoms with van der Waals surface area (Å²) in [6, 6.07) is 3.77. The molecular weight excluding hydrogens is 289 g/mol. The van der Waals surface area contributed by atoms with Crippen LogP contribution in [-0.4, -0.2) is 24.5 Å². The minimum atomic E-state index is -3.85. The summed E-state index contributed by atoms with van der Waals surface area (Å²) in [5.41, 5.74) is -0.605. The number of hydrogen-bond donors (Lipinski definition) is 0. The molecule has 0 saturated carbocycles. The standard InChI is InChI=1S/C9H9Cl2NO4S/c1-6(5-10)17(15,16)8-4-2-3-7(11)9(8)12(13)14/h2-4,6H,5H2,1H3. The van der Waals surface area contributed by atoms with Crippen LogP contribution in [0.4, 0.5) is 5.69 Å². The molecule has 1 unspecified atom stereocenters. The molecule has 1 atom stereocenters. The minimum Gasteiger partial charge on any atom is -0.258 e. The van der Waals surface area contributed by atoms with Crippen molar-refractivity contribution in [1.82, 2.24) is 0 Å². The van der Waals surface area contributed by atoms with Crippen molar-refractivity contribution < 1.29 is 13.3 Å². The first-order valence-electron chi connectivity index (χ1n) is 4.55. The zero-order chi connectivity index (χ0) is 13.2. The Morgan fingerprint density at radius 2 is 2.06 bits per heavy atom. The van der Waals surface area contributed by atoms with Crippen molar-refractivity contribution in [3.05, 3.63) is 33.3 Å². The van der Waals surface area contributed by atoms with E-state index in [0.717, 1.165) is 6.07 Å². The number of nitrogens with zero attached hydrogens (tertiary/aromatic N) is 1. The molecule has 1 rings (SSSR count). The number of rotatable bonds is 4. The van der Waals surface area contributed by atoms with Crippen molar-refractivity contribution in [2.75, 3.05) is 5.88 Å². The second-order valence-electron chi connectivity index (χ2n) is 3.35. The molecule has 1 aromatic carbocycles. The Bertz CT molecular complexity index is 544. The zero-order valence-electron chi connectivity index (χ0n) is 8.76.